The highest BCUT2D eigenvalue weighted by Gasteiger charge is 2.21. The summed E-state index contributed by atoms with van der Waals surface area (Å²) in [5.74, 6) is -0.626. The van der Waals surface area contributed by atoms with Gasteiger partial charge in [0.1, 0.15) is 6.04 Å². The second-order valence-electron chi connectivity index (χ2n) is 5.83. The third-order valence-electron chi connectivity index (χ3n) is 3.76. The summed E-state index contributed by atoms with van der Waals surface area (Å²) < 4.78 is 0. The van der Waals surface area contributed by atoms with Gasteiger partial charge in [0.2, 0.25) is 11.8 Å². The van der Waals surface area contributed by atoms with E-state index in [1.165, 1.54) is 0 Å². The van der Waals surface area contributed by atoms with Crippen LogP contribution in [0.5, 0.6) is 0 Å². The Morgan fingerprint density at radius 3 is 2.46 bits per heavy atom. The number of nitrogens with two attached hydrogens (primary N) is 2. The molecule has 0 saturated carbocycles. The summed E-state index contributed by atoms with van der Waals surface area (Å²) in [6, 6.07) is 12.3. The second kappa shape index (κ2) is 8.42. The largest absolute Gasteiger partial charge is 0.343 e. The highest BCUT2D eigenvalue weighted by atomic mass is 16.2. The molecule has 0 aliphatic carbocycles. The molecular formula is C18H24N4O2. The van der Waals surface area contributed by atoms with Crippen LogP contribution in [0.15, 0.2) is 42.5 Å². The van der Waals surface area contributed by atoms with Gasteiger partial charge in [-0.05, 0) is 49.2 Å². The molecule has 6 nitrogen and oxygen atoms in total. The fourth-order valence-corrected chi connectivity index (χ4v) is 2.39. The molecule has 0 saturated heterocycles. The van der Waals surface area contributed by atoms with Crippen molar-refractivity contribution < 1.29 is 9.59 Å². The summed E-state index contributed by atoms with van der Waals surface area (Å²) in [6.45, 7) is 2.03. The zero-order valence-electron chi connectivity index (χ0n) is 13.8. The first-order valence-corrected chi connectivity index (χ1v) is 8.07. The van der Waals surface area contributed by atoms with Crippen molar-refractivity contribution in [2.75, 3.05) is 11.9 Å². The second-order valence-corrected chi connectivity index (χ2v) is 5.83. The lowest BCUT2D eigenvalue weighted by atomic mass is 10.1. The molecule has 0 radical (unpaired) electrons. The Kier molecular flexibility index (Phi) is 6.28. The SMILES string of the molecule is C[C@H](N)C(=O)N[C@@H](CCCN)C(=O)Nc1ccc2ccccc2c1. The molecule has 0 aliphatic heterocycles. The molecule has 128 valence electrons. The molecule has 0 heterocycles. The number of benzene rings is 2. The van der Waals surface area contributed by atoms with Crippen LogP contribution in [0.3, 0.4) is 0 Å². The monoisotopic (exact) mass is 328 g/mol. The molecule has 2 rings (SSSR count). The number of nitrogens with one attached hydrogen (secondary N) is 2. The van der Waals surface area contributed by atoms with Gasteiger partial charge in [0.15, 0.2) is 0 Å². The Balaban J connectivity index is 2.10. The summed E-state index contributed by atoms with van der Waals surface area (Å²) >= 11 is 0. The van der Waals surface area contributed by atoms with Crippen LogP contribution in [0.2, 0.25) is 0 Å². The lowest BCUT2D eigenvalue weighted by Gasteiger charge is -2.19. The zero-order valence-corrected chi connectivity index (χ0v) is 13.8. The first-order chi connectivity index (χ1) is 11.5. The lowest BCUT2D eigenvalue weighted by Crippen LogP contribution is -2.49. The van der Waals surface area contributed by atoms with Gasteiger partial charge in [-0.15, -0.1) is 0 Å². The fraction of sp³-hybridized carbons (Fsp3) is 0.333. The highest BCUT2D eigenvalue weighted by molar-refractivity contribution is 5.99. The van der Waals surface area contributed by atoms with E-state index in [0.717, 1.165) is 10.8 Å². The maximum Gasteiger partial charge on any atom is 0.246 e. The Bertz CT molecular complexity index is 715. The smallest absolute Gasteiger partial charge is 0.246 e. The summed E-state index contributed by atoms with van der Waals surface area (Å²) in [5.41, 5.74) is 11.8. The van der Waals surface area contributed by atoms with E-state index in [4.69, 9.17) is 11.5 Å². The van der Waals surface area contributed by atoms with Crippen LogP contribution in [-0.4, -0.2) is 30.4 Å². The number of hydrogen-bond donors (Lipinski definition) is 4. The average Bonchev–Trinajstić information content (AvgIpc) is 2.58. The minimum Gasteiger partial charge on any atom is -0.343 e. The Morgan fingerprint density at radius 1 is 1.08 bits per heavy atom. The Morgan fingerprint density at radius 2 is 1.79 bits per heavy atom. The van der Waals surface area contributed by atoms with Crippen molar-refractivity contribution in [1.29, 1.82) is 0 Å². The van der Waals surface area contributed by atoms with Gasteiger partial charge in [0, 0.05) is 5.69 Å². The Hall–Kier alpha value is -2.44. The number of rotatable bonds is 7. The number of carbonyl (C=O) groups excluding carboxylic acids is 2. The zero-order chi connectivity index (χ0) is 17.5. The first-order valence-electron chi connectivity index (χ1n) is 8.07. The molecule has 0 fully saturated rings. The third kappa shape index (κ3) is 4.78. The van der Waals surface area contributed by atoms with E-state index in [2.05, 4.69) is 10.6 Å². The molecule has 6 N–H and O–H groups in total. The van der Waals surface area contributed by atoms with Crippen LogP contribution in [0.4, 0.5) is 5.69 Å². The maximum atomic E-state index is 12.5. The predicted molar refractivity (Wildman–Crippen MR) is 96.4 cm³/mol. The maximum absolute atomic E-state index is 12.5. The molecule has 0 unspecified atom stereocenters. The van der Waals surface area contributed by atoms with E-state index in [0.29, 0.717) is 25.1 Å². The van der Waals surface area contributed by atoms with Gasteiger partial charge in [0.05, 0.1) is 6.04 Å². The number of anilines is 1. The van der Waals surface area contributed by atoms with Gasteiger partial charge in [-0.25, -0.2) is 0 Å². The standard InChI is InChI=1S/C18H24N4O2/c1-12(20)17(23)22-16(7-4-10-19)18(24)21-15-9-8-13-5-2-3-6-14(13)11-15/h2-3,5-6,8-9,11-12,16H,4,7,10,19-20H2,1H3,(H,21,24)(H,22,23)/t12-,16-/m0/s1. The van der Waals surface area contributed by atoms with E-state index in [1.807, 2.05) is 42.5 Å². The van der Waals surface area contributed by atoms with E-state index in [-0.39, 0.29) is 11.8 Å². The molecule has 6 heteroatoms. The van der Waals surface area contributed by atoms with Crippen molar-refractivity contribution in [1.82, 2.24) is 5.32 Å². The van der Waals surface area contributed by atoms with Crippen molar-refractivity contribution in [2.24, 2.45) is 11.5 Å². The van der Waals surface area contributed by atoms with Gasteiger partial charge in [0.25, 0.3) is 0 Å². The van der Waals surface area contributed by atoms with Crippen LogP contribution in [0, 0.1) is 0 Å². The molecule has 24 heavy (non-hydrogen) atoms. The molecule has 0 aliphatic rings. The average molecular weight is 328 g/mol. The van der Waals surface area contributed by atoms with Crippen molar-refractivity contribution in [3.05, 3.63) is 42.5 Å². The Labute approximate surface area is 141 Å². The first kappa shape index (κ1) is 17.9. The summed E-state index contributed by atoms with van der Waals surface area (Å²) in [5, 5.41) is 7.66. The summed E-state index contributed by atoms with van der Waals surface area (Å²) in [4.78, 5) is 24.3. The number of amides is 2. The molecule has 0 bridgehead atoms. The van der Waals surface area contributed by atoms with Crippen molar-refractivity contribution in [2.45, 2.75) is 31.8 Å². The third-order valence-corrected chi connectivity index (χ3v) is 3.76. The molecule has 2 amide bonds. The van der Waals surface area contributed by atoms with Gasteiger partial charge in [-0.2, -0.15) is 0 Å². The minimum atomic E-state index is -0.668. The summed E-state index contributed by atoms with van der Waals surface area (Å²) in [7, 11) is 0. The highest BCUT2D eigenvalue weighted by Crippen LogP contribution is 2.19. The summed E-state index contributed by atoms with van der Waals surface area (Å²) in [6.07, 6.45) is 1.10. The topological polar surface area (TPSA) is 110 Å². The van der Waals surface area contributed by atoms with Gasteiger partial charge < -0.3 is 22.1 Å². The van der Waals surface area contributed by atoms with Gasteiger partial charge in [-0.3, -0.25) is 9.59 Å². The van der Waals surface area contributed by atoms with E-state index >= 15 is 0 Å². The number of carbonyl (C=O) groups is 2. The molecule has 2 atom stereocenters. The molecule has 0 aromatic heterocycles. The van der Waals surface area contributed by atoms with Gasteiger partial charge in [-0.1, -0.05) is 30.3 Å². The van der Waals surface area contributed by atoms with Gasteiger partial charge >= 0.3 is 0 Å². The predicted octanol–water partition coefficient (Wildman–Crippen LogP) is 1.35. The fourth-order valence-electron chi connectivity index (χ4n) is 2.39. The molecule has 2 aromatic carbocycles. The quantitative estimate of drug-likeness (QED) is 0.615. The van der Waals surface area contributed by atoms with Crippen molar-refractivity contribution in [3.8, 4) is 0 Å². The van der Waals surface area contributed by atoms with Crippen molar-refractivity contribution >= 4 is 28.3 Å². The van der Waals surface area contributed by atoms with Crippen LogP contribution < -0.4 is 22.1 Å². The lowest BCUT2D eigenvalue weighted by molar-refractivity contribution is -0.127. The number of fused-ring (bicyclic) bond motifs is 1. The van der Waals surface area contributed by atoms with Crippen LogP contribution in [0.25, 0.3) is 10.8 Å². The van der Waals surface area contributed by atoms with E-state index in [1.54, 1.807) is 6.92 Å². The van der Waals surface area contributed by atoms with E-state index < -0.39 is 12.1 Å². The number of hydrogen-bond acceptors (Lipinski definition) is 4. The van der Waals surface area contributed by atoms with Crippen LogP contribution >= 0.6 is 0 Å². The van der Waals surface area contributed by atoms with Crippen molar-refractivity contribution in [3.63, 3.8) is 0 Å². The van der Waals surface area contributed by atoms with Crippen LogP contribution in [-0.2, 0) is 9.59 Å². The van der Waals surface area contributed by atoms with Crippen LogP contribution in [0.1, 0.15) is 19.8 Å². The minimum absolute atomic E-state index is 0.271. The molecule has 0 spiro atoms. The molecule has 2 aromatic rings. The normalized spacial score (nSPS) is 13.3. The van der Waals surface area contributed by atoms with E-state index in [9.17, 15) is 9.59 Å². The molecular weight excluding hydrogens is 304 g/mol.